The summed E-state index contributed by atoms with van der Waals surface area (Å²) in [6.45, 7) is 1.42. The second-order valence-corrected chi connectivity index (χ2v) is 5.08. The fourth-order valence-corrected chi connectivity index (χ4v) is 1.97. The van der Waals surface area contributed by atoms with Gasteiger partial charge in [0.25, 0.3) is 0 Å². The van der Waals surface area contributed by atoms with Crippen molar-refractivity contribution in [2.24, 2.45) is 4.99 Å². The number of fused-ring (bicyclic) bond motifs is 1. The summed E-state index contributed by atoms with van der Waals surface area (Å²) in [5, 5.41) is 6.31. The van der Waals surface area contributed by atoms with Crippen molar-refractivity contribution in [1.29, 1.82) is 0 Å². The number of hydrogen-bond donors (Lipinski definition) is 2. The normalized spacial score (nSPS) is 12.4. The van der Waals surface area contributed by atoms with Crippen molar-refractivity contribution in [3.8, 4) is 11.5 Å². The number of nitrogens with zero attached hydrogens (tertiary/aromatic N) is 2. The van der Waals surface area contributed by atoms with Crippen LogP contribution in [0.15, 0.2) is 23.2 Å². The maximum atomic E-state index is 11.5. The Bertz CT molecular complexity index is 564. The van der Waals surface area contributed by atoms with E-state index in [2.05, 4.69) is 15.6 Å². The van der Waals surface area contributed by atoms with E-state index in [0.717, 1.165) is 17.1 Å². The van der Waals surface area contributed by atoms with Crippen molar-refractivity contribution in [2.75, 3.05) is 34.5 Å². The van der Waals surface area contributed by atoms with Crippen LogP contribution >= 0.6 is 24.0 Å². The molecule has 0 atom stereocenters. The third-order valence-corrected chi connectivity index (χ3v) is 3.25. The van der Waals surface area contributed by atoms with Gasteiger partial charge in [0, 0.05) is 40.7 Å². The van der Waals surface area contributed by atoms with Crippen LogP contribution in [0.3, 0.4) is 0 Å². The molecule has 0 unspecified atom stereocenters. The highest BCUT2D eigenvalue weighted by Crippen LogP contribution is 2.32. The Morgan fingerprint density at radius 3 is 2.70 bits per heavy atom. The summed E-state index contributed by atoms with van der Waals surface area (Å²) in [4.78, 5) is 17.2. The highest BCUT2D eigenvalue weighted by Gasteiger charge is 2.13. The van der Waals surface area contributed by atoms with Gasteiger partial charge >= 0.3 is 0 Å². The molecule has 0 bridgehead atoms. The molecule has 23 heavy (non-hydrogen) atoms. The fourth-order valence-electron chi connectivity index (χ4n) is 1.97. The van der Waals surface area contributed by atoms with Gasteiger partial charge in [0.1, 0.15) is 0 Å². The summed E-state index contributed by atoms with van der Waals surface area (Å²) >= 11 is 0. The number of amides is 1. The molecule has 1 aliphatic rings. The standard InChI is InChI=1S/C15H22N4O3.HI/c1-16-15(17-7-6-14(20)19(2)3)18-9-11-4-5-12-13(8-11)22-10-21-12;/h4-5,8H,6-7,9-10H2,1-3H3,(H2,16,17,18);1H. The zero-order valence-electron chi connectivity index (χ0n) is 13.6. The Morgan fingerprint density at radius 2 is 2.00 bits per heavy atom. The summed E-state index contributed by atoms with van der Waals surface area (Å²) in [6, 6.07) is 5.81. The van der Waals surface area contributed by atoms with Gasteiger partial charge in [0.15, 0.2) is 17.5 Å². The van der Waals surface area contributed by atoms with Gasteiger partial charge in [-0.15, -0.1) is 24.0 Å². The molecular formula is C15H23IN4O3. The van der Waals surface area contributed by atoms with Gasteiger partial charge in [-0.1, -0.05) is 6.07 Å². The molecule has 8 heteroatoms. The van der Waals surface area contributed by atoms with Crippen LogP contribution in [0.25, 0.3) is 0 Å². The van der Waals surface area contributed by atoms with Gasteiger partial charge in [-0.05, 0) is 17.7 Å². The summed E-state index contributed by atoms with van der Waals surface area (Å²) in [5.74, 6) is 2.27. The summed E-state index contributed by atoms with van der Waals surface area (Å²) in [5.41, 5.74) is 1.07. The number of aliphatic imine (C=N–C) groups is 1. The van der Waals surface area contributed by atoms with Crippen LogP contribution in [0, 0.1) is 0 Å². The van der Waals surface area contributed by atoms with Crippen molar-refractivity contribution in [2.45, 2.75) is 13.0 Å². The van der Waals surface area contributed by atoms with E-state index in [4.69, 9.17) is 9.47 Å². The van der Waals surface area contributed by atoms with Gasteiger partial charge in [0.05, 0.1) is 0 Å². The molecule has 1 aliphatic heterocycles. The van der Waals surface area contributed by atoms with Crippen LogP contribution < -0.4 is 20.1 Å². The lowest BCUT2D eigenvalue weighted by atomic mass is 10.2. The zero-order valence-corrected chi connectivity index (χ0v) is 15.9. The first kappa shape index (κ1) is 19.3. The molecule has 0 radical (unpaired) electrons. The Labute approximate surface area is 153 Å². The van der Waals surface area contributed by atoms with Crippen molar-refractivity contribution in [1.82, 2.24) is 15.5 Å². The molecule has 0 spiro atoms. The molecule has 1 aromatic carbocycles. The lowest BCUT2D eigenvalue weighted by Crippen LogP contribution is -2.38. The summed E-state index contributed by atoms with van der Waals surface area (Å²) in [7, 11) is 5.19. The van der Waals surface area contributed by atoms with E-state index >= 15 is 0 Å². The van der Waals surface area contributed by atoms with Crippen LogP contribution in [-0.4, -0.2) is 51.2 Å². The number of hydrogen-bond acceptors (Lipinski definition) is 4. The third-order valence-electron chi connectivity index (χ3n) is 3.25. The average molecular weight is 434 g/mol. The number of ether oxygens (including phenoxy) is 2. The Morgan fingerprint density at radius 1 is 1.26 bits per heavy atom. The van der Waals surface area contributed by atoms with Gasteiger partial charge in [-0.25, -0.2) is 0 Å². The zero-order chi connectivity index (χ0) is 15.9. The average Bonchev–Trinajstić information content (AvgIpc) is 2.97. The summed E-state index contributed by atoms with van der Waals surface area (Å²) in [6.07, 6.45) is 0.428. The minimum Gasteiger partial charge on any atom is -0.454 e. The minimum atomic E-state index is 0. The number of carbonyl (C=O) groups excluding carboxylic acids is 1. The molecule has 1 amide bonds. The SMILES string of the molecule is CN=C(NCCC(=O)N(C)C)NCc1ccc2c(c1)OCO2.I. The van der Waals surface area contributed by atoms with Crippen molar-refractivity contribution in [3.05, 3.63) is 23.8 Å². The van der Waals surface area contributed by atoms with Crippen LogP contribution in [-0.2, 0) is 11.3 Å². The van der Waals surface area contributed by atoms with Crippen molar-refractivity contribution < 1.29 is 14.3 Å². The maximum absolute atomic E-state index is 11.5. The second-order valence-electron chi connectivity index (χ2n) is 5.08. The molecule has 0 fully saturated rings. The highest BCUT2D eigenvalue weighted by molar-refractivity contribution is 14.0. The number of benzene rings is 1. The van der Waals surface area contributed by atoms with Gasteiger partial charge in [0.2, 0.25) is 12.7 Å². The first-order valence-corrected chi connectivity index (χ1v) is 7.13. The first-order chi connectivity index (χ1) is 10.6. The van der Waals surface area contributed by atoms with Crippen molar-refractivity contribution >= 4 is 35.8 Å². The quantitative estimate of drug-likeness (QED) is 0.414. The van der Waals surface area contributed by atoms with Gasteiger partial charge in [-0.2, -0.15) is 0 Å². The van der Waals surface area contributed by atoms with Crippen LogP contribution in [0.1, 0.15) is 12.0 Å². The largest absolute Gasteiger partial charge is 0.454 e. The van der Waals surface area contributed by atoms with Gasteiger partial charge < -0.3 is 25.0 Å². The van der Waals surface area contributed by atoms with Crippen LogP contribution in [0.4, 0.5) is 0 Å². The molecule has 128 valence electrons. The Hall–Kier alpha value is -1.71. The molecule has 0 saturated heterocycles. The van der Waals surface area contributed by atoms with Crippen molar-refractivity contribution in [3.63, 3.8) is 0 Å². The summed E-state index contributed by atoms with van der Waals surface area (Å²) < 4.78 is 10.6. The molecular weight excluding hydrogens is 411 g/mol. The molecule has 1 heterocycles. The second kappa shape index (κ2) is 9.43. The predicted octanol–water partition coefficient (Wildman–Crippen LogP) is 1.18. The number of halogens is 1. The monoisotopic (exact) mass is 434 g/mol. The van der Waals surface area contributed by atoms with E-state index in [1.165, 1.54) is 0 Å². The molecule has 2 N–H and O–H groups in total. The highest BCUT2D eigenvalue weighted by atomic mass is 127. The molecule has 7 nitrogen and oxygen atoms in total. The molecule has 0 aliphatic carbocycles. The first-order valence-electron chi connectivity index (χ1n) is 7.13. The minimum absolute atomic E-state index is 0. The van der Waals surface area contributed by atoms with E-state index in [1.807, 2.05) is 18.2 Å². The lowest BCUT2D eigenvalue weighted by Gasteiger charge is -2.13. The maximum Gasteiger partial charge on any atom is 0.231 e. The van der Waals surface area contributed by atoms with E-state index in [-0.39, 0.29) is 36.7 Å². The predicted molar refractivity (Wildman–Crippen MR) is 99.5 cm³/mol. The number of rotatable bonds is 5. The Balaban J connectivity index is 0.00000264. The third kappa shape index (κ3) is 5.77. The van der Waals surface area contributed by atoms with Crippen LogP contribution in [0.5, 0.6) is 11.5 Å². The molecule has 0 aromatic heterocycles. The van der Waals surface area contributed by atoms with Crippen LogP contribution in [0.2, 0.25) is 0 Å². The van der Waals surface area contributed by atoms with E-state index in [0.29, 0.717) is 25.5 Å². The Kier molecular flexibility index (Phi) is 7.93. The molecule has 2 rings (SSSR count). The molecule has 1 aromatic rings. The smallest absolute Gasteiger partial charge is 0.231 e. The van der Waals surface area contributed by atoms with E-state index in [9.17, 15) is 4.79 Å². The number of nitrogens with one attached hydrogen (secondary N) is 2. The molecule has 0 saturated carbocycles. The number of carbonyl (C=O) groups is 1. The number of guanidine groups is 1. The van der Waals surface area contributed by atoms with E-state index in [1.54, 1.807) is 26.0 Å². The topological polar surface area (TPSA) is 75.2 Å². The fraction of sp³-hybridized carbons (Fsp3) is 0.467. The lowest BCUT2D eigenvalue weighted by molar-refractivity contribution is -0.128. The van der Waals surface area contributed by atoms with E-state index < -0.39 is 0 Å². The van der Waals surface area contributed by atoms with Gasteiger partial charge in [-0.3, -0.25) is 9.79 Å².